The van der Waals surface area contributed by atoms with Gasteiger partial charge in [-0.25, -0.2) is 9.50 Å². The summed E-state index contributed by atoms with van der Waals surface area (Å²) >= 11 is 0. The Morgan fingerprint density at radius 1 is 1.05 bits per heavy atom. The predicted octanol–water partition coefficient (Wildman–Crippen LogP) is 4.31. The molecule has 0 spiro atoms. The molecule has 0 unspecified atom stereocenters. The van der Waals surface area contributed by atoms with Gasteiger partial charge in [0.25, 0.3) is 0 Å². The lowest BCUT2D eigenvalue weighted by atomic mass is 10.0. The molecule has 4 heterocycles. The summed E-state index contributed by atoms with van der Waals surface area (Å²) in [5.74, 6) is 11.8. The molecule has 1 saturated carbocycles. The topological polar surface area (TPSA) is 75.7 Å². The number of nitriles is 1. The van der Waals surface area contributed by atoms with Crippen LogP contribution in [0.5, 0.6) is 11.5 Å². The average Bonchev–Trinajstić information content (AvgIpc) is 3.65. The van der Waals surface area contributed by atoms with Crippen molar-refractivity contribution < 1.29 is 9.47 Å². The molecule has 3 aromatic heterocycles. The largest absolute Gasteiger partial charge is 0.487 e. The highest BCUT2D eigenvalue weighted by Gasteiger charge is 2.29. The van der Waals surface area contributed by atoms with Crippen molar-refractivity contribution in [3.8, 4) is 52.9 Å². The van der Waals surface area contributed by atoms with Crippen molar-refractivity contribution in [1.82, 2.24) is 14.6 Å². The van der Waals surface area contributed by atoms with Gasteiger partial charge in [-0.1, -0.05) is 17.8 Å². The lowest BCUT2D eigenvalue weighted by Crippen LogP contribution is -2.54. The molecule has 0 bridgehead atoms. The van der Waals surface area contributed by atoms with Gasteiger partial charge < -0.3 is 14.4 Å². The quantitative estimate of drug-likeness (QED) is 0.379. The molecule has 1 aromatic carbocycles. The number of terminal acetylenes is 1. The Hall–Kier alpha value is -4.93. The maximum Gasteiger partial charge on any atom is 0.149 e. The third-order valence-corrected chi connectivity index (χ3v) is 6.46. The molecule has 4 aromatic rings. The van der Waals surface area contributed by atoms with Crippen LogP contribution in [-0.2, 0) is 0 Å². The van der Waals surface area contributed by atoms with Crippen molar-refractivity contribution >= 4 is 11.3 Å². The summed E-state index contributed by atoms with van der Waals surface area (Å²) in [5.41, 5.74) is 3.77. The molecule has 2 aliphatic rings. The van der Waals surface area contributed by atoms with E-state index in [0.717, 1.165) is 46.9 Å². The smallest absolute Gasteiger partial charge is 0.149 e. The molecule has 1 aliphatic heterocycles. The third kappa shape index (κ3) is 4.79. The van der Waals surface area contributed by atoms with Crippen LogP contribution in [0.4, 0.5) is 5.82 Å². The number of benzene rings is 1. The molecule has 0 N–H and O–H groups in total. The van der Waals surface area contributed by atoms with Crippen molar-refractivity contribution in [3.63, 3.8) is 0 Å². The van der Waals surface area contributed by atoms with Crippen LogP contribution in [0.25, 0.3) is 16.6 Å². The van der Waals surface area contributed by atoms with Crippen LogP contribution < -0.4 is 14.4 Å². The maximum atomic E-state index is 9.61. The standard InChI is InChI=1S/C30H23N5O2/c1-2-21-7-10-25(11-8-21)37-27-18-34(19-27)29-12-9-23(16-32-29)28-14-26(36-13-3-4-22-5-6-22)20-35-30(28)24(15-31)17-33-35/h1,7-12,14,16-17,20,22,27H,5-6,13,18-19H2. The molecule has 7 heteroatoms. The third-order valence-electron chi connectivity index (χ3n) is 6.46. The summed E-state index contributed by atoms with van der Waals surface area (Å²) in [6.07, 6.45) is 13.0. The Balaban J connectivity index is 1.17. The number of pyridine rings is 2. The maximum absolute atomic E-state index is 9.61. The SMILES string of the molecule is C#Cc1ccc(OC2CN(c3ccc(-c4cc(OCC#CC5CC5)cn5ncc(C#N)c45)cn3)C2)cc1. The fourth-order valence-electron chi connectivity index (χ4n) is 4.27. The first-order chi connectivity index (χ1) is 18.2. The summed E-state index contributed by atoms with van der Waals surface area (Å²) < 4.78 is 13.6. The molecule has 2 fully saturated rings. The van der Waals surface area contributed by atoms with Crippen molar-refractivity contribution in [3.05, 3.63) is 72.2 Å². The van der Waals surface area contributed by atoms with Crippen LogP contribution in [0.3, 0.4) is 0 Å². The van der Waals surface area contributed by atoms with Crippen molar-refractivity contribution in [1.29, 1.82) is 5.26 Å². The van der Waals surface area contributed by atoms with Crippen LogP contribution in [0.15, 0.2) is 61.1 Å². The van der Waals surface area contributed by atoms with E-state index in [1.807, 2.05) is 48.7 Å². The normalized spacial score (nSPS) is 14.7. The number of hydrogen-bond donors (Lipinski definition) is 0. The van der Waals surface area contributed by atoms with Crippen LogP contribution in [0.2, 0.25) is 0 Å². The van der Waals surface area contributed by atoms with Gasteiger partial charge in [0.1, 0.15) is 36.1 Å². The van der Waals surface area contributed by atoms with Gasteiger partial charge in [-0.3, -0.25) is 0 Å². The first-order valence-corrected chi connectivity index (χ1v) is 12.2. The van der Waals surface area contributed by atoms with Gasteiger partial charge in [0.2, 0.25) is 0 Å². The van der Waals surface area contributed by atoms with Crippen molar-refractivity contribution in [2.75, 3.05) is 24.6 Å². The Morgan fingerprint density at radius 3 is 2.59 bits per heavy atom. The van der Waals surface area contributed by atoms with E-state index in [4.69, 9.17) is 20.9 Å². The number of aromatic nitrogens is 3. The van der Waals surface area contributed by atoms with E-state index in [2.05, 4.69) is 33.8 Å². The van der Waals surface area contributed by atoms with E-state index < -0.39 is 0 Å². The van der Waals surface area contributed by atoms with Crippen molar-refractivity contribution in [2.45, 2.75) is 18.9 Å². The van der Waals surface area contributed by atoms with E-state index >= 15 is 0 Å². The summed E-state index contributed by atoms with van der Waals surface area (Å²) in [7, 11) is 0. The van der Waals surface area contributed by atoms with Gasteiger partial charge in [-0.05, 0) is 55.3 Å². The molecule has 0 radical (unpaired) electrons. The van der Waals surface area contributed by atoms with Gasteiger partial charge in [0.05, 0.1) is 36.6 Å². The minimum atomic E-state index is 0.0969. The zero-order valence-electron chi connectivity index (χ0n) is 20.1. The van der Waals surface area contributed by atoms with Gasteiger partial charge in [0.15, 0.2) is 0 Å². The summed E-state index contributed by atoms with van der Waals surface area (Å²) in [6.45, 7) is 1.82. The molecule has 37 heavy (non-hydrogen) atoms. The average molecular weight is 486 g/mol. The number of rotatable bonds is 6. The first kappa shape index (κ1) is 22.5. The number of nitrogens with zero attached hydrogens (tertiary/aromatic N) is 5. The molecule has 0 amide bonds. The highest BCUT2D eigenvalue weighted by molar-refractivity contribution is 5.85. The van der Waals surface area contributed by atoms with Crippen LogP contribution in [0.1, 0.15) is 24.0 Å². The Kier molecular flexibility index (Phi) is 5.85. The van der Waals surface area contributed by atoms with E-state index in [9.17, 15) is 5.26 Å². The van der Waals surface area contributed by atoms with Crippen molar-refractivity contribution in [2.24, 2.45) is 5.92 Å². The predicted molar refractivity (Wildman–Crippen MR) is 140 cm³/mol. The number of anilines is 1. The molecular weight excluding hydrogens is 462 g/mol. The second-order valence-electron chi connectivity index (χ2n) is 9.16. The molecule has 6 rings (SSSR count). The summed E-state index contributed by atoms with van der Waals surface area (Å²) in [6, 6.07) is 15.7. The number of hydrogen-bond acceptors (Lipinski definition) is 6. The zero-order chi connectivity index (χ0) is 25.2. The van der Waals surface area contributed by atoms with E-state index in [-0.39, 0.29) is 6.10 Å². The minimum absolute atomic E-state index is 0.0969. The lowest BCUT2D eigenvalue weighted by molar-refractivity contribution is 0.167. The van der Waals surface area contributed by atoms with Gasteiger partial charge in [0, 0.05) is 28.8 Å². The Labute approximate surface area is 215 Å². The first-order valence-electron chi connectivity index (χ1n) is 12.2. The lowest BCUT2D eigenvalue weighted by Gasteiger charge is -2.39. The Morgan fingerprint density at radius 2 is 1.89 bits per heavy atom. The molecule has 1 aliphatic carbocycles. The van der Waals surface area contributed by atoms with E-state index in [1.54, 1.807) is 16.9 Å². The fraction of sp³-hybridized carbons (Fsp3) is 0.233. The van der Waals surface area contributed by atoms with Gasteiger partial charge in [-0.15, -0.1) is 6.42 Å². The Bertz CT molecular complexity index is 1590. The number of ether oxygens (including phenoxy) is 2. The summed E-state index contributed by atoms with van der Waals surface area (Å²) in [4.78, 5) is 6.86. The second kappa shape index (κ2) is 9.61. The van der Waals surface area contributed by atoms with E-state index in [1.165, 1.54) is 12.8 Å². The minimum Gasteiger partial charge on any atom is -0.487 e. The molecule has 0 atom stereocenters. The van der Waals surface area contributed by atoms with Gasteiger partial charge >= 0.3 is 0 Å². The fourth-order valence-corrected chi connectivity index (χ4v) is 4.27. The van der Waals surface area contributed by atoms with Gasteiger partial charge in [-0.2, -0.15) is 10.4 Å². The van der Waals surface area contributed by atoms with Crippen LogP contribution >= 0.6 is 0 Å². The van der Waals surface area contributed by atoms with Crippen LogP contribution in [0, 0.1) is 41.4 Å². The zero-order valence-corrected chi connectivity index (χ0v) is 20.1. The molecule has 7 nitrogen and oxygen atoms in total. The van der Waals surface area contributed by atoms with E-state index in [0.29, 0.717) is 23.8 Å². The molecule has 180 valence electrons. The highest BCUT2D eigenvalue weighted by atomic mass is 16.5. The number of fused-ring (bicyclic) bond motifs is 1. The monoisotopic (exact) mass is 485 g/mol. The summed E-state index contributed by atoms with van der Waals surface area (Å²) in [5, 5.41) is 14.0. The second-order valence-corrected chi connectivity index (χ2v) is 9.16. The molecular formula is C30H23N5O2. The van der Waals surface area contributed by atoms with Crippen LogP contribution in [-0.4, -0.2) is 40.4 Å². The molecule has 1 saturated heterocycles. The highest BCUT2D eigenvalue weighted by Crippen LogP contribution is 2.32.